The van der Waals surface area contributed by atoms with Crippen molar-refractivity contribution in [2.45, 2.75) is 37.6 Å². The summed E-state index contributed by atoms with van der Waals surface area (Å²) in [5, 5.41) is 9.57. The van der Waals surface area contributed by atoms with Crippen molar-refractivity contribution in [2.75, 3.05) is 21.3 Å². The molecule has 0 aromatic heterocycles. The van der Waals surface area contributed by atoms with Gasteiger partial charge in [-0.25, -0.2) is 0 Å². The molecule has 5 nitrogen and oxygen atoms in total. The molecule has 0 bridgehead atoms. The molecule has 5 heteroatoms. The zero-order valence-corrected chi connectivity index (χ0v) is 8.97. The minimum absolute atomic E-state index is 0.216. The third kappa shape index (κ3) is 2.07. The maximum Gasteiger partial charge on any atom is 0.184 e. The Kier molecular flexibility index (Phi) is 4.28. The fraction of sp³-hybridized carbons (Fsp3) is 1.00. The lowest BCUT2D eigenvalue weighted by Gasteiger charge is -2.41. The first-order valence-electron chi connectivity index (χ1n) is 4.57. The molecule has 14 heavy (non-hydrogen) atoms. The van der Waals surface area contributed by atoms with Gasteiger partial charge in [-0.1, -0.05) is 0 Å². The second-order valence-electron chi connectivity index (χ2n) is 3.33. The third-order valence-electron chi connectivity index (χ3n) is 2.56. The molecule has 5 atom stereocenters. The summed E-state index contributed by atoms with van der Waals surface area (Å²) in [6, 6.07) is 0. The molecule has 1 saturated heterocycles. The van der Waals surface area contributed by atoms with E-state index < -0.39 is 12.4 Å². The average Bonchev–Trinajstić information content (AvgIpc) is 2.16. The fourth-order valence-electron chi connectivity index (χ4n) is 1.84. The molecular formula is C9H18O5. The summed E-state index contributed by atoms with van der Waals surface area (Å²) in [4.78, 5) is 0. The zero-order chi connectivity index (χ0) is 10.7. The van der Waals surface area contributed by atoms with Gasteiger partial charge in [0.05, 0.1) is 6.10 Å². The molecule has 0 radical (unpaired) electrons. The van der Waals surface area contributed by atoms with Crippen molar-refractivity contribution >= 4 is 0 Å². The van der Waals surface area contributed by atoms with Crippen LogP contribution >= 0.6 is 0 Å². The number of methoxy groups -OCH3 is 3. The highest BCUT2D eigenvalue weighted by Gasteiger charge is 2.44. The van der Waals surface area contributed by atoms with Gasteiger partial charge in [-0.15, -0.1) is 0 Å². The van der Waals surface area contributed by atoms with E-state index in [-0.39, 0.29) is 18.3 Å². The molecule has 0 amide bonds. The number of aliphatic hydroxyl groups excluding tert-OH is 1. The highest BCUT2D eigenvalue weighted by Crippen LogP contribution is 2.25. The van der Waals surface area contributed by atoms with Crippen LogP contribution in [0.15, 0.2) is 0 Å². The third-order valence-corrected chi connectivity index (χ3v) is 2.56. The number of ether oxygens (including phenoxy) is 4. The van der Waals surface area contributed by atoms with Crippen LogP contribution in [0, 0.1) is 0 Å². The normalized spacial score (nSPS) is 43.9. The molecule has 1 aliphatic heterocycles. The molecule has 0 aliphatic carbocycles. The molecule has 1 aliphatic rings. The minimum atomic E-state index is -0.966. The van der Waals surface area contributed by atoms with Gasteiger partial charge in [0.25, 0.3) is 0 Å². The van der Waals surface area contributed by atoms with Crippen molar-refractivity contribution in [3.8, 4) is 0 Å². The first-order chi connectivity index (χ1) is 6.65. The van der Waals surface area contributed by atoms with Crippen molar-refractivity contribution in [2.24, 2.45) is 0 Å². The van der Waals surface area contributed by atoms with Crippen LogP contribution in [0.25, 0.3) is 0 Å². The topological polar surface area (TPSA) is 57.2 Å². The summed E-state index contributed by atoms with van der Waals surface area (Å²) < 4.78 is 20.9. The Balaban J connectivity index is 2.76. The lowest BCUT2D eigenvalue weighted by atomic mass is 9.99. The van der Waals surface area contributed by atoms with Crippen molar-refractivity contribution in [1.29, 1.82) is 0 Å². The lowest BCUT2D eigenvalue weighted by Crippen LogP contribution is -2.58. The lowest BCUT2D eigenvalue weighted by molar-refractivity contribution is -0.291. The molecule has 1 unspecified atom stereocenters. The quantitative estimate of drug-likeness (QED) is 0.691. The smallest absolute Gasteiger partial charge is 0.184 e. The van der Waals surface area contributed by atoms with E-state index in [1.807, 2.05) is 6.92 Å². The van der Waals surface area contributed by atoms with Gasteiger partial charge in [0.2, 0.25) is 0 Å². The molecular weight excluding hydrogens is 188 g/mol. The molecule has 1 fully saturated rings. The van der Waals surface area contributed by atoms with Gasteiger partial charge in [0, 0.05) is 21.3 Å². The van der Waals surface area contributed by atoms with Crippen molar-refractivity contribution in [3.63, 3.8) is 0 Å². The van der Waals surface area contributed by atoms with Crippen LogP contribution < -0.4 is 0 Å². The number of hydrogen-bond acceptors (Lipinski definition) is 5. The number of hydrogen-bond donors (Lipinski definition) is 1. The van der Waals surface area contributed by atoms with Crippen LogP contribution in [0.4, 0.5) is 0 Å². The zero-order valence-electron chi connectivity index (χ0n) is 8.97. The van der Waals surface area contributed by atoms with Crippen molar-refractivity contribution in [3.05, 3.63) is 0 Å². The van der Waals surface area contributed by atoms with Crippen LogP contribution in [-0.2, 0) is 18.9 Å². The van der Waals surface area contributed by atoms with Gasteiger partial charge in [0.1, 0.15) is 18.3 Å². The Labute approximate surface area is 83.9 Å². The Morgan fingerprint density at radius 1 is 0.929 bits per heavy atom. The van der Waals surface area contributed by atoms with Crippen LogP contribution in [0.5, 0.6) is 0 Å². The average molecular weight is 206 g/mol. The summed E-state index contributed by atoms with van der Waals surface area (Å²) in [5.41, 5.74) is 0. The molecule has 0 saturated carbocycles. The van der Waals surface area contributed by atoms with E-state index in [1.54, 1.807) is 14.2 Å². The first-order valence-corrected chi connectivity index (χ1v) is 4.57. The van der Waals surface area contributed by atoms with Crippen molar-refractivity contribution < 1.29 is 24.1 Å². The Morgan fingerprint density at radius 2 is 1.43 bits per heavy atom. The predicted octanol–water partition coefficient (Wildman–Crippen LogP) is -0.232. The van der Waals surface area contributed by atoms with E-state index in [0.29, 0.717) is 0 Å². The second-order valence-corrected chi connectivity index (χ2v) is 3.33. The number of rotatable bonds is 3. The molecule has 1 rings (SSSR count). The molecule has 0 spiro atoms. The maximum absolute atomic E-state index is 9.57. The minimum Gasteiger partial charge on any atom is -0.376 e. The fourth-order valence-corrected chi connectivity index (χ4v) is 1.84. The summed E-state index contributed by atoms with van der Waals surface area (Å²) in [7, 11) is 4.65. The van der Waals surface area contributed by atoms with Gasteiger partial charge in [-0.05, 0) is 6.92 Å². The largest absolute Gasteiger partial charge is 0.376 e. The Morgan fingerprint density at radius 3 is 1.86 bits per heavy atom. The standard InChI is InChI=1S/C9H18O5/c1-5-6(11-2)7(12-3)8(13-4)9(10)14-5/h5-10H,1-4H3/t5-,6?,7+,8+,9+/m0/s1. The molecule has 84 valence electrons. The van der Waals surface area contributed by atoms with Crippen LogP contribution in [-0.4, -0.2) is 57.1 Å². The Bertz CT molecular complexity index is 159. The van der Waals surface area contributed by atoms with Crippen LogP contribution in [0.2, 0.25) is 0 Å². The van der Waals surface area contributed by atoms with Crippen molar-refractivity contribution in [1.82, 2.24) is 0 Å². The molecule has 1 heterocycles. The van der Waals surface area contributed by atoms with Gasteiger partial charge < -0.3 is 24.1 Å². The molecule has 0 aromatic rings. The SMILES string of the molecule is COC1[C@H](C)O[C@@H](O)[C@H](OC)[C@@H]1OC. The first kappa shape index (κ1) is 11.9. The summed E-state index contributed by atoms with van der Waals surface area (Å²) in [6.07, 6.45) is -2.24. The van der Waals surface area contributed by atoms with Crippen LogP contribution in [0.3, 0.4) is 0 Å². The monoisotopic (exact) mass is 206 g/mol. The van der Waals surface area contributed by atoms with E-state index in [0.717, 1.165) is 0 Å². The highest BCUT2D eigenvalue weighted by molar-refractivity contribution is 4.89. The summed E-state index contributed by atoms with van der Waals surface area (Å²) in [5.74, 6) is 0. The Hall–Kier alpha value is -0.200. The summed E-state index contributed by atoms with van der Waals surface area (Å²) in [6.45, 7) is 1.83. The number of aliphatic hydroxyl groups is 1. The molecule has 1 N–H and O–H groups in total. The maximum atomic E-state index is 9.57. The van der Waals surface area contributed by atoms with E-state index in [1.165, 1.54) is 7.11 Å². The van der Waals surface area contributed by atoms with Gasteiger partial charge >= 0.3 is 0 Å². The van der Waals surface area contributed by atoms with Gasteiger partial charge in [-0.2, -0.15) is 0 Å². The van der Waals surface area contributed by atoms with E-state index >= 15 is 0 Å². The van der Waals surface area contributed by atoms with E-state index in [9.17, 15) is 5.11 Å². The summed E-state index contributed by atoms with van der Waals surface area (Å²) >= 11 is 0. The van der Waals surface area contributed by atoms with Crippen LogP contribution in [0.1, 0.15) is 6.92 Å². The highest BCUT2D eigenvalue weighted by atomic mass is 16.7. The molecule has 0 aromatic carbocycles. The van der Waals surface area contributed by atoms with E-state index in [4.69, 9.17) is 18.9 Å². The van der Waals surface area contributed by atoms with Gasteiger partial charge in [-0.3, -0.25) is 0 Å². The van der Waals surface area contributed by atoms with E-state index in [2.05, 4.69) is 0 Å². The second kappa shape index (κ2) is 5.04. The predicted molar refractivity (Wildman–Crippen MR) is 48.9 cm³/mol. The van der Waals surface area contributed by atoms with Gasteiger partial charge in [0.15, 0.2) is 6.29 Å².